The van der Waals surface area contributed by atoms with E-state index in [2.05, 4.69) is 4.98 Å². The van der Waals surface area contributed by atoms with Gasteiger partial charge in [0.2, 0.25) is 5.16 Å². The highest BCUT2D eigenvalue weighted by Crippen LogP contribution is 2.32. The number of aromatic nitrogens is 2. The highest BCUT2D eigenvalue weighted by molar-refractivity contribution is 7.92. The third-order valence-electron chi connectivity index (χ3n) is 1.67. The summed E-state index contributed by atoms with van der Waals surface area (Å²) in [7, 11) is -12.1. The van der Waals surface area contributed by atoms with E-state index in [-0.39, 0.29) is 6.20 Å². The fourth-order valence-corrected chi connectivity index (χ4v) is 2.16. The Kier molecular flexibility index (Phi) is 3.39. The molecule has 1 N–H and O–H groups in total. The number of alkyl halides is 6. The number of halogens is 6. The maximum absolute atomic E-state index is 12.0. The average Bonchev–Trinajstić information content (AvgIpc) is 2.62. The van der Waals surface area contributed by atoms with Gasteiger partial charge in [0.05, 0.1) is 0 Å². The monoisotopic (exact) mass is 332 g/mol. The van der Waals surface area contributed by atoms with Crippen molar-refractivity contribution in [2.45, 2.75) is 21.2 Å². The van der Waals surface area contributed by atoms with Crippen LogP contribution in [-0.2, 0) is 19.7 Å². The standard InChI is InChI=1S/C5H2F6N2O4S2/c6-4(7,8)18(14,15)2-1-12-3(13-2)19(16,17)5(9,10)11/h1H,(H,12,13). The summed E-state index contributed by atoms with van der Waals surface area (Å²) in [5, 5.41) is -3.81. The van der Waals surface area contributed by atoms with Crippen LogP contribution in [0, 0.1) is 0 Å². The van der Waals surface area contributed by atoms with Crippen LogP contribution in [0.5, 0.6) is 0 Å². The Morgan fingerprint density at radius 1 is 0.895 bits per heavy atom. The number of hydrogen-bond donors (Lipinski definition) is 1. The topological polar surface area (TPSA) is 97.0 Å². The largest absolute Gasteiger partial charge is 0.504 e. The lowest BCUT2D eigenvalue weighted by Gasteiger charge is -2.05. The van der Waals surface area contributed by atoms with Gasteiger partial charge in [0.25, 0.3) is 9.84 Å². The molecule has 0 aliphatic heterocycles. The van der Waals surface area contributed by atoms with Crippen molar-refractivity contribution in [1.82, 2.24) is 9.97 Å². The molecular weight excluding hydrogens is 330 g/mol. The zero-order valence-electron chi connectivity index (χ0n) is 8.24. The molecule has 0 fully saturated rings. The smallest absolute Gasteiger partial charge is 0.334 e. The molecule has 0 aliphatic carbocycles. The Bertz CT molecular complexity index is 623. The first kappa shape index (κ1) is 15.7. The molecule has 0 aliphatic rings. The molecule has 1 aromatic rings. The molecule has 0 aromatic carbocycles. The normalized spacial score (nSPS) is 14.6. The van der Waals surface area contributed by atoms with Crippen molar-refractivity contribution in [3.8, 4) is 0 Å². The SMILES string of the molecule is O=S(=O)(c1c[nH]c(S(=O)(=O)C(F)(F)F)n1)C(F)(F)F. The van der Waals surface area contributed by atoms with Crippen molar-refractivity contribution in [3.63, 3.8) is 0 Å². The lowest BCUT2D eigenvalue weighted by Crippen LogP contribution is -2.25. The van der Waals surface area contributed by atoms with Crippen LogP contribution in [0.3, 0.4) is 0 Å². The van der Waals surface area contributed by atoms with Crippen LogP contribution in [0.25, 0.3) is 0 Å². The number of hydrogen-bond acceptors (Lipinski definition) is 5. The maximum atomic E-state index is 12.0. The summed E-state index contributed by atoms with van der Waals surface area (Å²) in [6.45, 7) is 0. The first-order valence-electron chi connectivity index (χ1n) is 3.89. The Balaban J connectivity index is 3.39. The van der Waals surface area contributed by atoms with Gasteiger partial charge in [-0.15, -0.1) is 0 Å². The van der Waals surface area contributed by atoms with Crippen LogP contribution in [0.2, 0.25) is 0 Å². The van der Waals surface area contributed by atoms with E-state index in [1.165, 1.54) is 4.98 Å². The van der Waals surface area contributed by atoms with Gasteiger partial charge in [-0.1, -0.05) is 0 Å². The van der Waals surface area contributed by atoms with Crippen LogP contribution < -0.4 is 0 Å². The van der Waals surface area contributed by atoms with Crippen molar-refractivity contribution < 1.29 is 43.2 Å². The fraction of sp³-hybridized carbons (Fsp3) is 0.400. The average molecular weight is 332 g/mol. The molecule has 110 valence electrons. The molecule has 0 unspecified atom stereocenters. The second-order valence-corrected chi connectivity index (χ2v) is 6.69. The van der Waals surface area contributed by atoms with Crippen LogP contribution in [0.1, 0.15) is 0 Å². The molecule has 0 saturated heterocycles. The van der Waals surface area contributed by atoms with Crippen molar-refractivity contribution in [2.75, 3.05) is 0 Å². The fourth-order valence-electron chi connectivity index (χ4n) is 0.792. The van der Waals surface area contributed by atoms with Gasteiger partial charge in [-0.3, -0.25) is 0 Å². The van der Waals surface area contributed by atoms with Crippen molar-refractivity contribution in [3.05, 3.63) is 6.20 Å². The van der Waals surface area contributed by atoms with Crippen LogP contribution in [0.15, 0.2) is 16.4 Å². The van der Waals surface area contributed by atoms with E-state index < -0.39 is 40.9 Å². The summed E-state index contributed by atoms with van der Waals surface area (Å²) in [4.78, 5) is 3.55. The van der Waals surface area contributed by atoms with Crippen molar-refractivity contribution >= 4 is 19.7 Å². The summed E-state index contributed by atoms with van der Waals surface area (Å²) in [6.07, 6.45) is -0.0958. The van der Waals surface area contributed by atoms with Crippen LogP contribution in [-0.4, -0.2) is 37.8 Å². The lowest BCUT2D eigenvalue weighted by atomic mass is 11.0. The van der Waals surface area contributed by atoms with E-state index in [9.17, 15) is 43.2 Å². The predicted octanol–water partition coefficient (Wildman–Crippen LogP) is 0.997. The lowest BCUT2D eigenvalue weighted by molar-refractivity contribution is -0.0441. The van der Waals surface area contributed by atoms with Gasteiger partial charge in [0, 0.05) is 6.20 Å². The minimum atomic E-state index is -6.06. The highest BCUT2D eigenvalue weighted by atomic mass is 32.2. The molecule has 0 amide bonds. The van der Waals surface area contributed by atoms with Gasteiger partial charge >= 0.3 is 20.9 Å². The first-order chi connectivity index (χ1) is 8.21. The second kappa shape index (κ2) is 4.09. The zero-order valence-corrected chi connectivity index (χ0v) is 9.87. The van der Waals surface area contributed by atoms with E-state index >= 15 is 0 Å². The number of nitrogens with one attached hydrogen (secondary N) is 1. The van der Waals surface area contributed by atoms with Crippen LogP contribution in [0.4, 0.5) is 26.3 Å². The predicted molar refractivity (Wildman–Crippen MR) is 45.1 cm³/mol. The number of sulfone groups is 2. The summed E-state index contributed by atoms with van der Waals surface area (Å²) < 4.78 is 115. The Hall–Kier alpha value is -1.31. The number of rotatable bonds is 2. The van der Waals surface area contributed by atoms with E-state index in [1.807, 2.05) is 0 Å². The molecule has 6 nitrogen and oxygen atoms in total. The first-order valence-corrected chi connectivity index (χ1v) is 6.86. The molecule has 1 rings (SSSR count). The van der Waals surface area contributed by atoms with Gasteiger partial charge in [-0.25, -0.2) is 21.8 Å². The molecule has 0 radical (unpaired) electrons. The molecule has 19 heavy (non-hydrogen) atoms. The molecule has 14 heteroatoms. The third kappa shape index (κ3) is 2.54. The third-order valence-corrected chi connectivity index (χ3v) is 4.37. The summed E-state index contributed by atoms with van der Waals surface area (Å²) in [6, 6.07) is 0. The van der Waals surface area contributed by atoms with Gasteiger partial charge in [0.1, 0.15) is 0 Å². The van der Waals surface area contributed by atoms with Gasteiger partial charge in [-0.05, 0) is 0 Å². The van der Waals surface area contributed by atoms with E-state index in [0.717, 1.165) is 0 Å². The van der Waals surface area contributed by atoms with E-state index in [0.29, 0.717) is 0 Å². The minimum Gasteiger partial charge on any atom is -0.334 e. The quantitative estimate of drug-likeness (QED) is 0.815. The summed E-state index contributed by atoms with van der Waals surface area (Å²) >= 11 is 0. The molecular formula is C5H2F6N2O4S2. The maximum Gasteiger partial charge on any atom is 0.504 e. The molecule has 0 atom stereocenters. The molecule has 1 aromatic heterocycles. The number of aromatic amines is 1. The molecule has 1 heterocycles. The highest BCUT2D eigenvalue weighted by Gasteiger charge is 2.52. The van der Waals surface area contributed by atoms with Gasteiger partial charge in [0.15, 0.2) is 5.03 Å². The van der Waals surface area contributed by atoms with E-state index in [1.54, 1.807) is 0 Å². The molecule has 0 spiro atoms. The van der Waals surface area contributed by atoms with Gasteiger partial charge < -0.3 is 4.98 Å². The van der Waals surface area contributed by atoms with Crippen LogP contribution >= 0.6 is 0 Å². The number of nitrogens with zero attached hydrogens (tertiary/aromatic N) is 1. The zero-order chi connectivity index (χ0) is 15.3. The van der Waals surface area contributed by atoms with E-state index in [4.69, 9.17) is 0 Å². The summed E-state index contributed by atoms with van der Waals surface area (Å²) in [5.41, 5.74) is -11.6. The Morgan fingerprint density at radius 2 is 1.32 bits per heavy atom. The van der Waals surface area contributed by atoms with Crippen molar-refractivity contribution in [1.29, 1.82) is 0 Å². The second-order valence-electron chi connectivity index (χ2n) is 2.94. The molecule has 0 bridgehead atoms. The van der Waals surface area contributed by atoms with Crippen molar-refractivity contribution in [2.24, 2.45) is 0 Å². The Morgan fingerprint density at radius 3 is 1.68 bits per heavy atom. The van der Waals surface area contributed by atoms with Gasteiger partial charge in [-0.2, -0.15) is 26.3 Å². The number of H-pyrrole nitrogens is 1. The Labute approximate surface area is 101 Å². The summed E-state index contributed by atoms with van der Waals surface area (Å²) in [5.74, 6) is 0. The minimum absolute atomic E-state index is 0.0958. The number of imidazole rings is 1. The molecule has 0 saturated carbocycles.